The molecule has 3 heteroatoms. The maximum absolute atomic E-state index is 9.32. The summed E-state index contributed by atoms with van der Waals surface area (Å²) < 4.78 is 11.3. The molecular formula is C16H30O3. The summed E-state index contributed by atoms with van der Waals surface area (Å²) in [5.74, 6) is -0.378. The molecule has 0 saturated carbocycles. The molecule has 1 aliphatic rings. The third kappa shape index (κ3) is 7.71. The number of hydrogen-bond acceptors (Lipinski definition) is 3. The molecule has 0 aromatic carbocycles. The smallest absolute Gasteiger partial charge is 0.163 e. The van der Waals surface area contributed by atoms with Gasteiger partial charge >= 0.3 is 0 Å². The molecule has 1 N–H and O–H groups in total. The SMILES string of the molecule is C=CC(O)CCCCCCCCC1COC(C)(C)O1. The van der Waals surface area contributed by atoms with Gasteiger partial charge in [-0.15, -0.1) is 6.58 Å². The molecule has 2 unspecified atom stereocenters. The number of aliphatic hydroxyl groups is 1. The van der Waals surface area contributed by atoms with Crippen molar-refractivity contribution < 1.29 is 14.6 Å². The van der Waals surface area contributed by atoms with Gasteiger partial charge in [-0.2, -0.15) is 0 Å². The lowest BCUT2D eigenvalue weighted by atomic mass is 10.1. The summed E-state index contributed by atoms with van der Waals surface area (Å²) in [7, 11) is 0. The van der Waals surface area contributed by atoms with Crippen LogP contribution in [0.25, 0.3) is 0 Å². The Morgan fingerprint density at radius 3 is 2.42 bits per heavy atom. The van der Waals surface area contributed by atoms with Crippen molar-refractivity contribution in [3.05, 3.63) is 12.7 Å². The summed E-state index contributed by atoms with van der Waals surface area (Å²) in [5.41, 5.74) is 0. The zero-order valence-corrected chi connectivity index (χ0v) is 12.6. The lowest BCUT2D eigenvalue weighted by Crippen LogP contribution is -2.21. The Hall–Kier alpha value is -0.380. The molecule has 2 atom stereocenters. The highest BCUT2D eigenvalue weighted by atomic mass is 16.7. The van der Waals surface area contributed by atoms with E-state index in [4.69, 9.17) is 9.47 Å². The first-order chi connectivity index (χ1) is 9.03. The Kier molecular flexibility index (Phi) is 7.66. The van der Waals surface area contributed by atoms with Crippen molar-refractivity contribution in [1.82, 2.24) is 0 Å². The van der Waals surface area contributed by atoms with Gasteiger partial charge in [0.1, 0.15) is 0 Å². The predicted octanol–water partition coefficient (Wildman–Crippen LogP) is 3.81. The largest absolute Gasteiger partial charge is 0.389 e. The molecule has 112 valence electrons. The first-order valence-corrected chi connectivity index (χ1v) is 7.66. The van der Waals surface area contributed by atoms with Gasteiger partial charge in [0.05, 0.1) is 18.8 Å². The molecule has 1 heterocycles. The van der Waals surface area contributed by atoms with Gasteiger partial charge in [0.15, 0.2) is 5.79 Å². The minimum Gasteiger partial charge on any atom is -0.389 e. The third-order valence-electron chi connectivity index (χ3n) is 3.62. The maximum atomic E-state index is 9.32. The van der Waals surface area contributed by atoms with Gasteiger partial charge in [0.25, 0.3) is 0 Å². The molecule has 1 saturated heterocycles. The Morgan fingerprint density at radius 2 is 1.84 bits per heavy atom. The van der Waals surface area contributed by atoms with Crippen LogP contribution in [0.5, 0.6) is 0 Å². The van der Waals surface area contributed by atoms with E-state index in [1.165, 1.54) is 32.1 Å². The Bertz CT molecular complexity index is 250. The van der Waals surface area contributed by atoms with Gasteiger partial charge in [0, 0.05) is 0 Å². The molecule has 0 aromatic rings. The molecule has 1 fully saturated rings. The quantitative estimate of drug-likeness (QED) is 0.484. The summed E-state index contributed by atoms with van der Waals surface area (Å²) >= 11 is 0. The summed E-state index contributed by atoms with van der Waals surface area (Å²) in [4.78, 5) is 0. The summed E-state index contributed by atoms with van der Waals surface area (Å²) in [6, 6.07) is 0. The minimum atomic E-state index is -0.378. The Balaban J connectivity index is 1.85. The zero-order chi connectivity index (χ0) is 14.1. The van der Waals surface area contributed by atoms with Crippen molar-refractivity contribution >= 4 is 0 Å². The molecular weight excluding hydrogens is 240 g/mol. The van der Waals surface area contributed by atoms with Crippen LogP contribution in [0.1, 0.15) is 65.2 Å². The van der Waals surface area contributed by atoms with Crippen LogP contribution < -0.4 is 0 Å². The van der Waals surface area contributed by atoms with Gasteiger partial charge in [-0.25, -0.2) is 0 Å². The molecule has 1 aliphatic heterocycles. The normalized spacial score (nSPS) is 23.4. The topological polar surface area (TPSA) is 38.7 Å². The highest BCUT2D eigenvalue weighted by Gasteiger charge is 2.31. The Morgan fingerprint density at radius 1 is 1.21 bits per heavy atom. The highest BCUT2D eigenvalue weighted by molar-refractivity contribution is 4.77. The fraction of sp³-hybridized carbons (Fsp3) is 0.875. The number of hydrogen-bond donors (Lipinski definition) is 1. The van der Waals surface area contributed by atoms with Gasteiger partial charge in [-0.3, -0.25) is 0 Å². The molecule has 0 aliphatic carbocycles. The Labute approximate surface area is 118 Å². The highest BCUT2D eigenvalue weighted by Crippen LogP contribution is 2.25. The average molecular weight is 270 g/mol. The van der Waals surface area contributed by atoms with Crippen molar-refractivity contribution in [3.63, 3.8) is 0 Å². The fourth-order valence-corrected chi connectivity index (χ4v) is 2.46. The number of rotatable bonds is 10. The van der Waals surface area contributed by atoms with E-state index < -0.39 is 0 Å². The van der Waals surface area contributed by atoms with E-state index in [2.05, 4.69) is 6.58 Å². The summed E-state index contributed by atoms with van der Waals surface area (Å²) in [6.07, 6.45) is 10.9. The van der Waals surface area contributed by atoms with E-state index in [1.54, 1.807) is 6.08 Å². The zero-order valence-electron chi connectivity index (χ0n) is 12.6. The van der Waals surface area contributed by atoms with Crippen LogP contribution in [-0.2, 0) is 9.47 Å². The predicted molar refractivity (Wildman–Crippen MR) is 78.0 cm³/mol. The number of ether oxygens (including phenoxy) is 2. The maximum Gasteiger partial charge on any atom is 0.163 e. The van der Waals surface area contributed by atoms with Crippen LogP contribution in [0.4, 0.5) is 0 Å². The second-order valence-corrected chi connectivity index (χ2v) is 5.95. The second-order valence-electron chi connectivity index (χ2n) is 5.95. The number of aliphatic hydroxyl groups excluding tert-OH is 1. The first kappa shape index (κ1) is 16.7. The standard InChI is InChI=1S/C16H30O3/c1-4-14(17)11-9-7-5-6-8-10-12-15-13-18-16(2,3)19-15/h4,14-15,17H,1,5-13H2,2-3H3. The van der Waals surface area contributed by atoms with E-state index in [0.717, 1.165) is 25.9 Å². The van der Waals surface area contributed by atoms with Crippen LogP contribution in [0.15, 0.2) is 12.7 Å². The van der Waals surface area contributed by atoms with Crippen LogP contribution in [0.2, 0.25) is 0 Å². The van der Waals surface area contributed by atoms with Crippen LogP contribution in [-0.4, -0.2) is 29.7 Å². The van der Waals surface area contributed by atoms with Crippen LogP contribution in [0.3, 0.4) is 0 Å². The third-order valence-corrected chi connectivity index (χ3v) is 3.62. The summed E-state index contributed by atoms with van der Waals surface area (Å²) in [5, 5.41) is 9.32. The minimum absolute atomic E-state index is 0.290. The van der Waals surface area contributed by atoms with Crippen molar-refractivity contribution in [2.75, 3.05) is 6.61 Å². The van der Waals surface area contributed by atoms with Gasteiger partial charge in [-0.05, 0) is 26.7 Å². The van der Waals surface area contributed by atoms with E-state index in [9.17, 15) is 5.11 Å². The van der Waals surface area contributed by atoms with Gasteiger partial charge in [-0.1, -0.05) is 44.6 Å². The fourth-order valence-electron chi connectivity index (χ4n) is 2.46. The van der Waals surface area contributed by atoms with Crippen molar-refractivity contribution in [3.8, 4) is 0 Å². The van der Waals surface area contributed by atoms with Gasteiger partial charge in [0.2, 0.25) is 0 Å². The van der Waals surface area contributed by atoms with E-state index in [-0.39, 0.29) is 18.0 Å². The average Bonchev–Trinajstić information content (AvgIpc) is 2.72. The molecule has 0 amide bonds. The van der Waals surface area contributed by atoms with Crippen LogP contribution in [0, 0.1) is 0 Å². The van der Waals surface area contributed by atoms with Crippen LogP contribution >= 0.6 is 0 Å². The molecule has 0 radical (unpaired) electrons. The van der Waals surface area contributed by atoms with Crippen molar-refractivity contribution in [2.24, 2.45) is 0 Å². The summed E-state index contributed by atoms with van der Waals surface area (Å²) in [6.45, 7) is 8.27. The van der Waals surface area contributed by atoms with E-state index in [0.29, 0.717) is 0 Å². The number of unbranched alkanes of at least 4 members (excludes halogenated alkanes) is 5. The van der Waals surface area contributed by atoms with Crippen molar-refractivity contribution in [2.45, 2.75) is 83.2 Å². The molecule has 1 rings (SSSR count). The lowest BCUT2D eigenvalue weighted by Gasteiger charge is -2.16. The first-order valence-electron chi connectivity index (χ1n) is 7.66. The lowest BCUT2D eigenvalue weighted by molar-refractivity contribution is -0.139. The van der Waals surface area contributed by atoms with Crippen molar-refractivity contribution in [1.29, 1.82) is 0 Å². The monoisotopic (exact) mass is 270 g/mol. The molecule has 0 spiro atoms. The van der Waals surface area contributed by atoms with E-state index in [1.807, 2.05) is 13.8 Å². The molecule has 0 bridgehead atoms. The van der Waals surface area contributed by atoms with Gasteiger partial charge < -0.3 is 14.6 Å². The molecule has 19 heavy (non-hydrogen) atoms. The second kappa shape index (κ2) is 8.72. The molecule has 3 nitrogen and oxygen atoms in total. The van der Waals surface area contributed by atoms with E-state index >= 15 is 0 Å². The molecule has 0 aromatic heterocycles.